The van der Waals surface area contributed by atoms with Crippen LogP contribution in [0.15, 0.2) is 66.2 Å². The Balaban J connectivity index is 1.51. The van der Waals surface area contributed by atoms with E-state index in [2.05, 4.69) is 5.32 Å². The quantitative estimate of drug-likeness (QED) is 0.736. The number of carboxylic acids is 1. The van der Waals surface area contributed by atoms with Gasteiger partial charge < -0.3 is 15.3 Å². The second-order valence-corrected chi connectivity index (χ2v) is 6.68. The van der Waals surface area contributed by atoms with Crippen molar-refractivity contribution in [1.29, 1.82) is 0 Å². The maximum absolute atomic E-state index is 12.4. The topological polar surface area (TPSA) is 86.7 Å². The van der Waals surface area contributed by atoms with Crippen LogP contribution in [0.2, 0.25) is 0 Å². The molecule has 1 aliphatic heterocycles. The van der Waals surface area contributed by atoms with E-state index in [0.29, 0.717) is 42.8 Å². The van der Waals surface area contributed by atoms with Gasteiger partial charge in [-0.15, -0.1) is 0 Å². The summed E-state index contributed by atoms with van der Waals surface area (Å²) in [5, 5.41) is 11.6. The van der Waals surface area contributed by atoms with E-state index in [9.17, 15) is 14.4 Å². The van der Waals surface area contributed by atoms with E-state index in [1.54, 1.807) is 17.0 Å². The average molecular weight is 378 g/mol. The molecule has 0 atom stereocenters. The molecule has 0 radical (unpaired) electrons. The second-order valence-electron chi connectivity index (χ2n) is 6.68. The van der Waals surface area contributed by atoms with Gasteiger partial charge in [0.1, 0.15) is 0 Å². The first kappa shape index (κ1) is 19.4. The molecule has 2 aromatic rings. The zero-order chi connectivity index (χ0) is 19.9. The van der Waals surface area contributed by atoms with E-state index in [1.165, 1.54) is 0 Å². The van der Waals surface area contributed by atoms with Gasteiger partial charge in [0.2, 0.25) is 5.91 Å². The van der Waals surface area contributed by atoms with Crippen LogP contribution in [0.5, 0.6) is 0 Å². The lowest BCUT2D eigenvalue weighted by molar-refractivity contribution is -0.137. The van der Waals surface area contributed by atoms with Crippen LogP contribution in [0, 0.1) is 0 Å². The number of benzene rings is 2. The molecule has 0 bridgehead atoms. The number of nitrogens with one attached hydrogen (secondary N) is 1. The van der Waals surface area contributed by atoms with Crippen molar-refractivity contribution in [3.8, 4) is 0 Å². The van der Waals surface area contributed by atoms with Gasteiger partial charge in [0.25, 0.3) is 5.91 Å². The van der Waals surface area contributed by atoms with Crippen molar-refractivity contribution >= 4 is 23.5 Å². The minimum atomic E-state index is -0.845. The van der Waals surface area contributed by atoms with E-state index in [0.717, 1.165) is 5.56 Å². The molecule has 0 aliphatic carbocycles. The van der Waals surface area contributed by atoms with E-state index >= 15 is 0 Å². The fourth-order valence-corrected chi connectivity index (χ4v) is 3.08. The van der Waals surface area contributed by atoms with Crippen LogP contribution in [-0.2, 0) is 16.1 Å². The highest BCUT2D eigenvalue weighted by molar-refractivity contribution is 6.04. The van der Waals surface area contributed by atoms with Crippen LogP contribution in [0.1, 0.15) is 35.2 Å². The standard InChI is InChI=1S/C22H22N2O4/c25-20(26)8-4-7-18-13-14-24(22(18)28)15-16-9-11-19(12-10-16)23-21(27)17-5-2-1-3-6-17/h1-3,5-6,9-13H,4,7-8,14-15H2,(H,23,27)(H,25,26). The molecular formula is C22H22N2O4. The first-order chi connectivity index (χ1) is 13.5. The zero-order valence-corrected chi connectivity index (χ0v) is 15.4. The molecule has 28 heavy (non-hydrogen) atoms. The summed E-state index contributed by atoms with van der Waals surface area (Å²) >= 11 is 0. The average Bonchev–Trinajstić information content (AvgIpc) is 3.03. The first-order valence-corrected chi connectivity index (χ1v) is 9.18. The second kappa shape index (κ2) is 8.99. The summed E-state index contributed by atoms with van der Waals surface area (Å²) in [5.41, 5.74) is 2.94. The van der Waals surface area contributed by atoms with E-state index in [4.69, 9.17) is 5.11 Å². The van der Waals surface area contributed by atoms with Crippen LogP contribution in [0.3, 0.4) is 0 Å². The summed E-state index contributed by atoms with van der Waals surface area (Å²) in [7, 11) is 0. The van der Waals surface area contributed by atoms with Gasteiger partial charge in [-0.3, -0.25) is 14.4 Å². The van der Waals surface area contributed by atoms with Crippen LogP contribution in [0.25, 0.3) is 0 Å². The number of hydrogen-bond donors (Lipinski definition) is 2. The first-order valence-electron chi connectivity index (χ1n) is 9.18. The third-order valence-electron chi connectivity index (χ3n) is 4.58. The summed E-state index contributed by atoms with van der Waals surface area (Å²) in [5.74, 6) is -1.05. The minimum absolute atomic E-state index is 0.0353. The Hall–Kier alpha value is -3.41. The molecule has 0 aromatic heterocycles. The minimum Gasteiger partial charge on any atom is -0.481 e. The van der Waals surface area contributed by atoms with Gasteiger partial charge in [-0.05, 0) is 42.7 Å². The van der Waals surface area contributed by atoms with Gasteiger partial charge in [0.15, 0.2) is 0 Å². The van der Waals surface area contributed by atoms with Crippen LogP contribution >= 0.6 is 0 Å². The van der Waals surface area contributed by atoms with Gasteiger partial charge in [-0.2, -0.15) is 0 Å². The maximum Gasteiger partial charge on any atom is 0.303 e. The van der Waals surface area contributed by atoms with Crippen molar-refractivity contribution in [2.45, 2.75) is 25.8 Å². The number of nitrogens with zero attached hydrogens (tertiary/aromatic N) is 1. The number of hydrogen-bond acceptors (Lipinski definition) is 3. The van der Waals surface area contributed by atoms with Crippen molar-refractivity contribution in [3.05, 3.63) is 77.4 Å². The number of aliphatic carboxylic acids is 1. The monoisotopic (exact) mass is 378 g/mol. The highest BCUT2D eigenvalue weighted by atomic mass is 16.4. The predicted octanol–water partition coefficient (Wildman–Crippen LogP) is 3.46. The Morgan fingerprint density at radius 2 is 1.75 bits per heavy atom. The molecule has 2 aromatic carbocycles. The molecule has 2 N–H and O–H groups in total. The van der Waals surface area contributed by atoms with Crippen molar-refractivity contribution in [2.75, 3.05) is 11.9 Å². The molecular weight excluding hydrogens is 356 g/mol. The number of amides is 2. The van der Waals surface area contributed by atoms with E-state index < -0.39 is 5.97 Å². The molecule has 0 saturated carbocycles. The fourth-order valence-electron chi connectivity index (χ4n) is 3.08. The molecule has 0 spiro atoms. The maximum atomic E-state index is 12.4. The Morgan fingerprint density at radius 1 is 1.04 bits per heavy atom. The number of carbonyl (C=O) groups is 3. The molecule has 3 rings (SSSR count). The third-order valence-corrected chi connectivity index (χ3v) is 4.58. The number of carboxylic acid groups (broad SMARTS) is 1. The number of rotatable bonds is 8. The Morgan fingerprint density at radius 3 is 2.43 bits per heavy atom. The summed E-state index contributed by atoms with van der Waals surface area (Å²) in [6.45, 7) is 1.01. The lowest BCUT2D eigenvalue weighted by atomic mass is 10.1. The van der Waals surface area contributed by atoms with Crippen molar-refractivity contribution in [1.82, 2.24) is 4.90 Å². The number of anilines is 1. The van der Waals surface area contributed by atoms with Gasteiger partial charge in [0.05, 0.1) is 0 Å². The van der Waals surface area contributed by atoms with Crippen molar-refractivity contribution in [2.24, 2.45) is 0 Å². The SMILES string of the molecule is O=C(O)CCCC1=CCN(Cc2ccc(NC(=O)c3ccccc3)cc2)C1=O. The van der Waals surface area contributed by atoms with Crippen LogP contribution < -0.4 is 5.32 Å². The van der Waals surface area contributed by atoms with E-state index in [1.807, 2.05) is 48.5 Å². The summed E-state index contributed by atoms with van der Waals surface area (Å²) in [4.78, 5) is 36.9. The Labute approximate surface area is 163 Å². The summed E-state index contributed by atoms with van der Waals surface area (Å²) < 4.78 is 0. The smallest absolute Gasteiger partial charge is 0.303 e. The van der Waals surface area contributed by atoms with Crippen molar-refractivity contribution < 1.29 is 19.5 Å². The Bertz CT molecular complexity index is 889. The molecule has 0 fully saturated rings. The summed E-state index contributed by atoms with van der Waals surface area (Å²) in [6, 6.07) is 16.4. The number of carbonyl (C=O) groups excluding carboxylic acids is 2. The fraction of sp³-hybridized carbons (Fsp3) is 0.227. The normalized spacial score (nSPS) is 13.4. The lowest BCUT2D eigenvalue weighted by Gasteiger charge is -2.17. The molecule has 6 heteroatoms. The molecule has 144 valence electrons. The Kier molecular flexibility index (Phi) is 6.22. The molecule has 2 amide bonds. The van der Waals surface area contributed by atoms with Gasteiger partial charge >= 0.3 is 5.97 Å². The van der Waals surface area contributed by atoms with Gasteiger partial charge in [-0.1, -0.05) is 36.4 Å². The zero-order valence-electron chi connectivity index (χ0n) is 15.4. The molecule has 0 saturated heterocycles. The molecule has 0 unspecified atom stereocenters. The van der Waals surface area contributed by atoms with Gasteiger partial charge in [0, 0.05) is 36.3 Å². The highest BCUT2D eigenvalue weighted by Crippen LogP contribution is 2.20. The summed E-state index contributed by atoms with van der Waals surface area (Å²) in [6.07, 6.45) is 2.90. The predicted molar refractivity (Wildman–Crippen MR) is 106 cm³/mol. The highest BCUT2D eigenvalue weighted by Gasteiger charge is 2.23. The molecule has 1 aliphatic rings. The molecule has 1 heterocycles. The lowest BCUT2D eigenvalue weighted by Crippen LogP contribution is -2.26. The largest absolute Gasteiger partial charge is 0.481 e. The van der Waals surface area contributed by atoms with Crippen LogP contribution in [0.4, 0.5) is 5.69 Å². The van der Waals surface area contributed by atoms with Crippen LogP contribution in [-0.4, -0.2) is 34.3 Å². The van der Waals surface area contributed by atoms with E-state index in [-0.39, 0.29) is 18.2 Å². The third kappa shape index (κ3) is 5.07. The molecule has 6 nitrogen and oxygen atoms in total. The van der Waals surface area contributed by atoms with Crippen molar-refractivity contribution in [3.63, 3.8) is 0 Å². The van der Waals surface area contributed by atoms with Gasteiger partial charge in [-0.25, -0.2) is 0 Å².